The highest BCUT2D eigenvalue weighted by Gasteiger charge is 2.13. The molecule has 0 spiro atoms. The Bertz CT molecular complexity index is 629. The van der Waals surface area contributed by atoms with Crippen molar-refractivity contribution in [2.24, 2.45) is 5.73 Å². The molecule has 114 valence electrons. The van der Waals surface area contributed by atoms with Crippen LogP contribution in [0.3, 0.4) is 0 Å². The van der Waals surface area contributed by atoms with Crippen LogP contribution in [0.5, 0.6) is 0 Å². The molecule has 2 rings (SSSR count). The van der Waals surface area contributed by atoms with E-state index in [1.165, 1.54) is 12.7 Å². The Morgan fingerprint density at radius 1 is 1.38 bits per heavy atom. The molecule has 21 heavy (non-hydrogen) atoms. The van der Waals surface area contributed by atoms with E-state index in [2.05, 4.69) is 42.8 Å². The number of nitrogens with two attached hydrogens (primary N) is 1. The van der Waals surface area contributed by atoms with Gasteiger partial charge in [0.25, 0.3) is 0 Å². The van der Waals surface area contributed by atoms with E-state index >= 15 is 0 Å². The fourth-order valence-electron chi connectivity index (χ4n) is 2.56. The van der Waals surface area contributed by atoms with Crippen molar-refractivity contribution in [1.82, 2.24) is 4.57 Å². The number of aryl methyl sites for hydroxylation is 1. The van der Waals surface area contributed by atoms with Crippen LogP contribution in [0.4, 0.5) is 0 Å². The average Bonchev–Trinajstić information content (AvgIpc) is 2.82. The summed E-state index contributed by atoms with van der Waals surface area (Å²) in [6.45, 7) is 5.88. The van der Waals surface area contributed by atoms with Gasteiger partial charge in [0, 0.05) is 23.6 Å². The number of methoxy groups -OCH3 is 1. The lowest BCUT2D eigenvalue weighted by molar-refractivity contribution is -0.139. The minimum Gasteiger partial charge on any atom is -0.469 e. The summed E-state index contributed by atoms with van der Waals surface area (Å²) >= 11 is 0. The second kappa shape index (κ2) is 6.76. The maximum Gasteiger partial charge on any atom is 0.310 e. The quantitative estimate of drug-likeness (QED) is 0.832. The summed E-state index contributed by atoms with van der Waals surface area (Å²) in [5.74, 6) is 0.260. The number of carbonyl (C=O) groups excluding carboxylic acids is 1. The number of esters is 1. The van der Waals surface area contributed by atoms with Gasteiger partial charge in [0.2, 0.25) is 0 Å². The van der Waals surface area contributed by atoms with Crippen LogP contribution < -0.4 is 5.73 Å². The number of nitrogens with zero attached hydrogens (tertiary/aromatic N) is 1. The summed E-state index contributed by atoms with van der Waals surface area (Å²) in [5.41, 5.74) is 9.07. The maximum absolute atomic E-state index is 11.6. The predicted molar refractivity (Wildman–Crippen MR) is 85.4 cm³/mol. The van der Waals surface area contributed by atoms with Crippen molar-refractivity contribution >= 4 is 16.9 Å². The normalized spacial score (nSPS) is 11.3. The minimum absolute atomic E-state index is 0.206. The lowest BCUT2D eigenvalue weighted by atomic mass is 10.00. The molecule has 1 aromatic heterocycles. The first kappa shape index (κ1) is 15.6. The predicted octanol–water partition coefficient (Wildman–Crippen LogP) is 2.83. The molecule has 2 N–H and O–H groups in total. The molecule has 0 saturated carbocycles. The van der Waals surface area contributed by atoms with E-state index < -0.39 is 0 Å². The van der Waals surface area contributed by atoms with Crippen molar-refractivity contribution in [3.05, 3.63) is 35.5 Å². The Morgan fingerprint density at radius 2 is 2.14 bits per heavy atom. The zero-order chi connectivity index (χ0) is 15.4. The number of carbonyl (C=O) groups is 1. The SMILES string of the molecule is COC(=O)Cc1cn(CCCN)c2ccc(C(C)C)cc12. The van der Waals surface area contributed by atoms with E-state index in [1.54, 1.807) is 0 Å². The van der Waals surface area contributed by atoms with Crippen LogP contribution in [0.1, 0.15) is 37.3 Å². The maximum atomic E-state index is 11.6. The largest absolute Gasteiger partial charge is 0.469 e. The Kier molecular flexibility index (Phi) is 5.02. The number of aromatic nitrogens is 1. The molecular formula is C17H24N2O2. The molecular weight excluding hydrogens is 264 g/mol. The van der Waals surface area contributed by atoms with Crippen molar-refractivity contribution < 1.29 is 9.53 Å². The average molecular weight is 288 g/mol. The first-order chi connectivity index (χ1) is 10.1. The second-order valence-corrected chi connectivity index (χ2v) is 5.67. The van der Waals surface area contributed by atoms with Gasteiger partial charge in [-0.3, -0.25) is 4.79 Å². The van der Waals surface area contributed by atoms with Gasteiger partial charge in [0.05, 0.1) is 13.5 Å². The zero-order valence-electron chi connectivity index (χ0n) is 13.1. The van der Waals surface area contributed by atoms with Crippen LogP contribution in [0.15, 0.2) is 24.4 Å². The Balaban J connectivity index is 2.48. The standard InChI is InChI=1S/C17H24N2O2/c1-12(2)13-5-6-16-15(9-13)14(10-17(20)21-3)11-19(16)8-4-7-18/h5-6,9,11-12H,4,7-8,10,18H2,1-3H3. The van der Waals surface area contributed by atoms with Crippen molar-refractivity contribution in [1.29, 1.82) is 0 Å². The van der Waals surface area contributed by atoms with E-state index in [0.717, 1.165) is 29.4 Å². The fourth-order valence-corrected chi connectivity index (χ4v) is 2.56. The molecule has 0 fully saturated rings. The van der Waals surface area contributed by atoms with Crippen LogP contribution in [0, 0.1) is 0 Å². The molecule has 0 atom stereocenters. The van der Waals surface area contributed by atoms with Gasteiger partial charge >= 0.3 is 5.97 Å². The number of benzene rings is 1. The topological polar surface area (TPSA) is 57.2 Å². The first-order valence-electron chi connectivity index (χ1n) is 7.45. The summed E-state index contributed by atoms with van der Waals surface area (Å²) in [4.78, 5) is 11.6. The lowest BCUT2D eigenvalue weighted by Crippen LogP contribution is -2.05. The molecule has 0 aliphatic carbocycles. The summed E-state index contributed by atoms with van der Waals surface area (Å²) in [7, 11) is 1.43. The van der Waals surface area contributed by atoms with Gasteiger partial charge in [0.1, 0.15) is 0 Å². The van der Waals surface area contributed by atoms with E-state index in [9.17, 15) is 4.79 Å². The highest BCUT2D eigenvalue weighted by atomic mass is 16.5. The van der Waals surface area contributed by atoms with Crippen LogP contribution in [-0.4, -0.2) is 24.2 Å². The van der Waals surface area contributed by atoms with Crippen molar-refractivity contribution in [3.63, 3.8) is 0 Å². The van der Waals surface area contributed by atoms with E-state index in [4.69, 9.17) is 10.5 Å². The highest BCUT2D eigenvalue weighted by Crippen LogP contribution is 2.27. The van der Waals surface area contributed by atoms with Crippen LogP contribution in [-0.2, 0) is 22.5 Å². The molecule has 4 nitrogen and oxygen atoms in total. The highest BCUT2D eigenvalue weighted by molar-refractivity contribution is 5.88. The summed E-state index contributed by atoms with van der Waals surface area (Å²) < 4.78 is 6.99. The van der Waals surface area contributed by atoms with Crippen molar-refractivity contribution in [2.45, 2.75) is 39.2 Å². The Hall–Kier alpha value is -1.81. The fraction of sp³-hybridized carbons (Fsp3) is 0.471. The number of rotatable bonds is 6. The molecule has 1 aromatic carbocycles. The van der Waals surface area contributed by atoms with E-state index in [0.29, 0.717) is 18.9 Å². The van der Waals surface area contributed by atoms with Gasteiger partial charge < -0.3 is 15.0 Å². The summed E-state index contributed by atoms with van der Waals surface area (Å²) in [6.07, 6.45) is 3.29. The number of hydrogen-bond donors (Lipinski definition) is 1. The molecule has 0 amide bonds. The molecule has 0 saturated heterocycles. The van der Waals surface area contributed by atoms with Gasteiger partial charge in [-0.05, 0) is 42.1 Å². The Labute approximate surface area is 125 Å². The van der Waals surface area contributed by atoms with Crippen LogP contribution in [0.25, 0.3) is 10.9 Å². The molecule has 4 heteroatoms. The smallest absolute Gasteiger partial charge is 0.310 e. The van der Waals surface area contributed by atoms with Gasteiger partial charge in [-0.25, -0.2) is 0 Å². The van der Waals surface area contributed by atoms with Gasteiger partial charge in [0.15, 0.2) is 0 Å². The van der Waals surface area contributed by atoms with Gasteiger partial charge in [-0.15, -0.1) is 0 Å². The third-order valence-corrected chi connectivity index (χ3v) is 3.82. The van der Waals surface area contributed by atoms with E-state index in [-0.39, 0.29) is 5.97 Å². The van der Waals surface area contributed by atoms with Gasteiger partial charge in [-0.1, -0.05) is 19.9 Å². The van der Waals surface area contributed by atoms with Gasteiger partial charge in [-0.2, -0.15) is 0 Å². The van der Waals surface area contributed by atoms with Crippen LogP contribution >= 0.6 is 0 Å². The van der Waals surface area contributed by atoms with Crippen molar-refractivity contribution in [3.8, 4) is 0 Å². The molecule has 0 unspecified atom stereocenters. The summed E-state index contributed by atoms with van der Waals surface area (Å²) in [5, 5.41) is 1.14. The molecule has 0 bridgehead atoms. The number of fused-ring (bicyclic) bond motifs is 1. The molecule has 0 aliphatic rings. The minimum atomic E-state index is -0.206. The zero-order valence-corrected chi connectivity index (χ0v) is 13.1. The molecule has 0 radical (unpaired) electrons. The lowest BCUT2D eigenvalue weighted by Gasteiger charge is -2.07. The number of ether oxygens (including phenoxy) is 1. The van der Waals surface area contributed by atoms with E-state index in [1.807, 2.05) is 0 Å². The van der Waals surface area contributed by atoms with Crippen LogP contribution in [0.2, 0.25) is 0 Å². The third kappa shape index (κ3) is 3.45. The molecule has 0 aliphatic heterocycles. The van der Waals surface area contributed by atoms with Crippen molar-refractivity contribution in [2.75, 3.05) is 13.7 Å². The second-order valence-electron chi connectivity index (χ2n) is 5.67. The third-order valence-electron chi connectivity index (χ3n) is 3.82. The summed E-state index contributed by atoms with van der Waals surface area (Å²) in [6, 6.07) is 6.49. The molecule has 1 heterocycles. The molecule has 2 aromatic rings. The monoisotopic (exact) mass is 288 g/mol. The first-order valence-corrected chi connectivity index (χ1v) is 7.45. The Morgan fingerprint density at radius 3 is 2.76 bits per heavy atom. The number of hydrogen-bond acceptors (Lipinski definition) is 3.